The van der Waals surface area contributed by atoms with Gasteiger partial charge in [0, 0.05) is 13.0 Å². The molecule has 6 atom stereocenters. The average Bonchev–Trinajstić information content (AvgIpc) is 3.12. The van der Waals surface area contributed by atoms with Crippen LogP contribution in [0, 0.1) is 29.1 Å². The predicted molar refractivity (Wildman–Crippen MR) is 129 cm³/mol. The standard InChI is InChI=1S/C28H42F3NO2/c1-18(17-32-13-10-22(11-14-32)28(29,30)31)24-8-9-25-20(5-4-12-27(24,25)3)6-7-21-15-23(33)16-26(34)19(21)2/h6-7,18,22-26,33-34H,2,4-5,8-17H2,1,3H3/b20-6+,21-7+/t18-,23?,24+,25-,26?,27+/m0/s1. The van der Waals surface area contributed by atoms with Crippen LogP contribution in [0.3, 0.4) is 0 Å². The van der Waals surface area contributed by atoms with E-state index in [1.54, 1.807) is 0 Å². The number of fused-ring (bicyclic) bond motifs is 1. The molecular formula is C28H42F3NO2. The fourth-order valence-electron chi connectivity index (χ4n) is 7.66. The zero-order valence-corrected chi connectivity index (χ0v) is 20.8. The van der Waals surface area contributed by atoms with Gasteiger partial charge in [-0.05, 0) is 98.8 Å². The Morgan fingerprint density at radius 3 is 2.53 bits per heavy atom. The van der Waals surface area contributed by atoms with Gasteiger partial charge >= 0.3 is 6.18 Å². The third kappa shape index (κ3) is 5.34. The molecule has 4 aliphatic rings. The number of hydrogen-bond acceptors (Lipinski definition) is 3. The fraction of sp³-hybridized carbons (Fsp3) is 0.786. The maximum Gasteiger partial charge on any atom is 0.391 e. The van der Waals surface area contributed by atoms with Crippen molar-refractivity contribution in [3.05, 3.63) is 35.5 Å². The largest absolute Gasteiger partial charge is 0.393 e. The molecule has 2 N–H and O–H groups in total. The summed E-state index contributed by atoms with van der Waals surface area (Å²) in [5, 5.41) is 20.2. The van der Waals surface area contributed by atoms with E-state index in [9.17, 15) is 23.4 Å². The van der Waals surface area contributed by atoms with Crippen molar-refractivity contribution < 1.29 is 23.4 Å². The Hall–Kier alpha value is -1.11. The average molecular weight is 482 g/mol. The van der Waals surface area contributed by atoms with Crippen molar-refractivity contribution in [2.45, 2.75) is 90.0 Å². The molecule has 0 aromatic carbocycles. The molecule has 0 spiro atoms. The Kier molecular flexibility index (Phi) is 7.71. The minimum absolute atomic E-state index is 0.231. The van der Waals surface area contributed by atoms with Crippen molar-refractivity contribution >= 4 is 0 Å². The summed E-state index contributed by atoms with van der Waals surface area (Å²) in [5.74, 6) is 0.462. The molecule has 0 aromatic heterocycles. The number of likely N-dealkylation sites (tertiary alicyclic amines) is 1. The second-order valence-electron chi connectivity index (χ2n) is 11.8. The maximum absolute atomic E-state index is 13.0. The Morgan fingerprint density at radius 1 is 1.15 bits per heavy atom. The highest BCUT2D eigenvalue weighted by Gasteiger charge is 2.51. The van der Waals surface area contributed by atoms with Gasteiger partial charge < -0.3 is 15.1 Å². The van der Waals surface area contributed by atoms with Crippen LogP contribution in [-0.2, 0) is 0 Å². The van der Waals surface area contributed by atoms with Gasteiger partial charge in [-0.25, -0.2) is 0 Å². The number of aliphatic hydroxyl groups is 2. The number of piperidine rings is 1. The van der Waals surface area contributed by atoms with Crippen LogP contribution < -0.4 is 0 Å². The fourth-order valence-corrected chi connectivity index (χ4v) is 7.66. The summed E-state index contributed by atoms with van der Waals surface area (Å²) in [7, 11) is 0. The summed E-state index contributed by atoms with van der Waals surface area (Å²) in [4.78, 5) is 2.26. The molecule has 34 heavy (non-hydrogen) atoms. The first-order valence-corrected chi connectivity index (χ1v) is 13.2. The Balaban J connectivity index is 1.41. The van der Waals surface area contributed by atoms with Crippen molar-refractivity contribution in [1.29, 1.82) is 0 Å². The molecule has 1 saturated heterocycles. The molecule has 3 aliphatic carbocycles. The van der Waals surface area contributed by atoms with Crippen molar-refractivity contribution in [3.8, 4) is 0 Å². The quantitative estimate of drug-likeness (QED) is 0.515. The number of aliphatic hydroxyl groups excluding tert-OH is 2. The van der Waals surface area contributed by atoms with E-state index in [2.05, 4.69) is 37.5 Å². The first-order chi connectivity index (χ1) is 16.0. The number of allylic oxidation sites excluding steroid dienone is 3. The molecule has 4 fully saturated rings. The van der Waals surface area contributed by atoms with E-state index in [1.165, 1.54) is 24.8 Å². The molecule has 4 rings (SSSR count). The van der Waals surface area contributed by atoms with Crippen molar-refractivity contribution in [3.63, 3.8) is 0 Å². The maximum atomic E-state index is 13.0. The number of rotatable bonds is 4. The van der Waals surface area contributed by atoms with Gasteiger partial charge in [0.15, 0.2) is 0 Å². The zero-order valence-electron chi connectivity index (χ0n) is 20.8. The van der Waals surface area contributed by atoms with Crippen LogP contribution in [0.5, 0.6) is 0 Å². The molecule has 0 aromatic rings. The second kappa shape index (κ2) is 10.1. The molecule has 6 heteroatoms. The Bertz CT molecular complexity index is 811. The van der Waals surface area contributed by atoms with E-state index in [0.29, 0.717) is 43.7 Å². The van der Waals surface area contributed by atoms with Crippen molar-refractivity contribution in [1.82, 2.24) is 4.90 Å². The van der Waals surface area contributed by atoms with E-state index in [-0.39, 0.29) is 18.3 Å². The van der Waals surface area contributed by atoms with Gasteiger partial charge in [-0.3, -0.25) is 0 Å². The van der Waals surface area contributed by atoms with Gasteiger partial charge in [-0.1, -0.05) is 38.2 Å². The van der Waals surface area contributed by atoms with E-state index < -0.39 is 24.3 Å². The highest BCUT2D eigenvalue weighted by Crippen LogP contribution is 2.59. The van der Waals surface area contributed by atoms with E-state index in [0.717, 1.165) is 30.5 Å². The predicted octanol–water partition coefficient (Wildman–Crippen LogP) is 6.04. The van der Waals surface area contributed by atoms with Crippen LogP contribution in [0.1, 0.15) is 71.6 Å². The highest BCUT2D eigenvalue weighted by molar-refractivity contribution is 5.38. The van der Waals surface area contributed by atoms with Crippen LogP contribution in [0.2, 0.25) is 0 Å². The minimum Gasteiger partial charge on any atom is -0.393 e. The van der Waals surface area contributed by atoms with E-state index >= 15 is 0 Å². The third-order valence-electron chi connectivity index (χ3n) is 9.59. The van der Waals surface area contributed by atoms with E-state index in [1.807, 2.05) is 0 Å². The Labute approximate surface area is 202 Å². The highest BCUT2D eigenvalue weighted by atomic mass is 19.4. The molecule has 1 heterocycles. The second-order valence-corrected chi connectivity index (χ2v) is 11.8. The van der Waals surface area contributed by atoms with E-state index in [4.69, 9.17) is 0 Å². The molecule has 0 amide bonds. The number of halogens is 3. The number of nitrogens with zero attached hydrogens (tertiary/aromatic N) is 1. The zero-order chi connectivity index (χ0) is 24.7. The number of hydrogen-bond donors (Lipinski definition) is 2. The van der Waals surface area contributed by atoms with Crippen molar-refractivity contribution in [2.75, 3.05) is 19.6 Å². The van der Waals surface area contributed by atoms with Gasteiger partial charge in [0.05, 0.1) is 18.1 Å². The van der Waals surface area contributed by atoms with Gasteiger partial charge in [-0.15, -0.1) is 0 Å². The normalized spacial score (nSPS) is 39.6. The molecule has 192 valence electrons. The summed E-state index contributed by atoms with van der Waals surface area (Å²) in [5.41, 5.74) is 3.39. The summed E-state index contributed by atoms with van der Waals surface area (Å²) in [6.07, 6.45) is 6.28. The lowest BCUT2D eigenvalue weighted by Gasteiger charge is -2.45. The lowest BCUT2D eigenvalue weighted by atomic mass is 9.61. The van der Waals surface area contributed by atoms with Crippen LogP contribution >= 0.6 is 0 Å². The minimum atomic E-state index is -4.05. The number of alkyl halides is 3. The first-order valence-electron chi connectivity index (χ1n) is 13.2. The lowest BCUT2D eigenvalue weighted by molar-refractivity contribution is -0.185. The summed E-state index contributed by atoms with van der Waals surface area (Å²) >= 11 is 0. The topological polar surface area (TPSA) is 43.7 Å². The van der Waals surface area contributed by atoms with Crippen LogP contribution in [0.25, 0.3) is 0 Å². The molecular weight excluding hydrogens is 439 g/mol. The summed E-state index contributed by atoms with van der Waals surface area (Å²) in [6.45, 7) is 10.8. The van der Waals surface area contributed by atoms with Gasteiger partial charge in [-0.2, -0.15) is 13.2 Å². The van der Waals surface area contributed by atoms with Crippen LogP contribution in [-0.4, -0.2) is 53.1 Å². The smallest absolute Gasteiger partial charge is 0.391 e. The summed E-state index contributed by atoms with van der Waals surface area (Å²) < 4.78 is 39.1. The molecule has 3 nitrogen and oxygen atoms in total. The van der Waals surface area contributed by atoms with Crippen LogP contribution in [0.15, 0.2) is 35.5 Å². The molecule has 0 bridgehead atoms. The van der Waals surface area contributed by atoms with Gasteiger partial charge in [0.2, 0.25) is 0 Å². The third-order valence-corrected chi connectivity index (χ3v) is 9.59. The summed E-state index contributed by atoms with van der Waals surface area (Å²) in [6, 6.07) is 0. The molecule has 1 aliphatic heterocycles. The molecule has 3 saturated carbocycles. The van der Waals surface area contributed by atoms with Gasteiger partial charge in [0.1, 0.15) is 0 Å². The first kappa shape index (κ1) is 26.0. The van der Waals surface area contributed by atoms with Crippen molar-refractivity contribution in [2.24, 2.45) is 29.1 Å². The Morgan fingerprint density at radius 2 is 1.85 bits per heavy atom. The van der Waals surface area contributed by atoms with Crippen LogP contribution in [0.4, 0.5) is 13.2 Å². The monoisotopic (exact) mass is 481 g/mol. The SMILES string of the molecule is C=C1/C(=C/C=C2\CCC[C@]3(C)[C@@H]([C@@H](C)CN4CCC(C(F)(F)F)CC4)CC[C@@H]23)CC(O)CC1O. The molecule has 0 radical (unpaired) electrons. The molecule has 2 unspecified atom stereocenters. The van der Waals surface area contributed by atoms with Gasteiger partial charge in [0.25, 0.3) is 0 Å². The lowest BCUT2D eigenvalue weighted by Crippen LogP contribution is -2.44.